The Morgan fingerprint density at radius 3 is 2.38 bits per heavy atom. The fraction of sp³-hybridized carbons (Fsp3) is 0.571. The molecule has 7 heteroatoms. The number of rotatable bonds is 5. The lowest BCUT2D eigenvalue weighted by molar-refractivity contribution is 0.0696. The van der Waals surface area contributed by atoms with E-state index in [2.05, 4.69) is 10.3 Å². The van der Waals surface area contributed by atoms with Crippen LogP contribution in [0.4, 0.5) is 5.82 Å². The Morgan fingerprint density at radius 2 is 1.95 bits per heavy atom. The van der Waals surface area contributed by atoms with Crippen molar-refractivity contribution in [3.63, 3.8) is 0 Å². The molecule has 1 aromatic heterocycles. The fourth-order valence-electron chi connectivity index (χ4n) is 1.86. The van der Waals surface area contributed by atoms with Gasteiger partial charge in [0.2, 0.25) is 0 Å². The van der Waals surface area contributed by atoms with Gasteiger partial charge in [-0.2, -0.15) is 0 Å². The molecule has 0 aliphatic rings. The van der Waals surface area contributed by atoms with Gasteiger partial charge in [0.1, 0.15) is 15.7 Å². The molecule has 1 atom stereocenters. The van der Waals surface area contributed by atoms with Gasteiger partial charge in [0.15, 0.2) is 0 Å². The molecule has 2 N–H and O–H groups in total. The van der Waals surface area contributed by atoms with Crippen LogP contribution in [0, 0.1) is 0 Å². The third-order valence-corrected chi connectivity index (χ3v) is 3.89. The monoisotopic (exact) mass is 314 g/mol. The van der Waals surface area contributed by atoms with Crippen LogP contribution >= 0.6 is 0 Å². The quantitative estimate of drug-likeness (QED) is 0.862. The minimum Gasteiger partial charge on any atom is -0.478 e. The van der Waals surface area contributed by atoms with Gasteiger partial charge in [-0.05, 0) is 19.1 Å². The number of carboxylic acids is 1. The van der Waals surface area contributed by atoms with Crippen molar-refractivity contribution in [1.82, 2.24) is 4.98 Å². The van der Waals surface area contributed by atoms with Gasteiger partial charge in [-0.1, -0.05) is 20.8 Å². The number of anilines is 1. The number of carbonyl (C=O) groups is 1. The lowest BCUT2D eigenvalue weighted by atomic mass is 9.90. The summed E-state index contributed by atoms with van der Waals surface area (Å²) in [5, 5.41) is 12.1. The predicted molar refractivity (Wildman–Crippen MR) is 82.7 cm³/mol. The molecule has 0 aliphatic carbocycles. The molecule has 0 aromatic carbocycles. The van der Waals surface area contributed by atoms with Crippen molar-refractivity contribution in [2.45, 2.75) is 39.2 Å². The molecule has 0 saturated carbocycles. The summed E-state index contributed by atoms with van der Waals surface area (Å²) in [6.45, 7) is 7.52. The number of pyridine rings is 1. The van der Waals surface area contributed by atoms with E-state index in [4.69, 9.17) is 5.11 Å². The zero-order valence-electron chi connectivity index (χ0n) is 13.0. The van der Waals surface area contributed by atoms with Gasteiger partial charge in [-0.3, -0.25) is 0 Å². The fourth-order valence-corrected chi connectivity index (χ4v) is 2.85. The van der Waals surface area contributed by atoms with Crippen LogP contribution in [-0.4, -0.2) is 42.5 Å². The van der Waals surface area contributed by atoms with Crippen molar-refractivity contribution in [3.05, 3.63) is 23.4 Å². The van der Waals surface area contributed by atoms with Gasteiger partial charge < -0.3 is 10.4 Å². The smallest absolute Gasteiger partial charge is 0.335 e. The zero-order valence-corrected chi connectivity index (χ0v) is 13.8. The number of nitrogens with zero attached hydrogens (tertiary/aromatic N) is 1. The van der Waals surface area contributed by atoms with Crippen molar-refractivity contribution in [1.29, 1.82) is 0 Å². The molecule has 1 unspecified atom stereocenters. The third kappa shape index (κ3) is 5.71. The van der Waals surface area contributed by atoms with Gasteiger partial charge in [-0.15, -0.1) is 0 Å². The highest BCUT2D eigenvalue weighted by Crippen LogP contribution is 2.23. The SMILES string of the molecule is CC(CS(C)(=O)=O)Nc1cc(C(=O)O)cc(C(C)(C)C)n1. The van der Waals surface area contributed by atoms with Gasteiger partial charge in [0.25, 0.3) is 0 Å². The van der Waals surface area contributed by atoms with Gasteiger partial charge in [-0.25, -0.2) is 18.2 Å². The molecule has 0 fully saturated rings. The Labute approximate surface area is 125 Å². The Balaban J connectivity index is 3.12. The summed E-state index contributed by atoms with van der Waals surface area (Å²) in [6, 6.07) is 2.59. The molecule has 6 nitrogen and oxygen atoms in total. The summed E-state index contributed by atoms with van der Waals surface area (Å²) in [5.41, 5.74) is 0.461. The number of nitrogens with one attached hydrogen (secondary N) is 1. The average molecular weight is 314 g/mol. The molecule has 0 radical (unpaired) electrons. The highest BCUT2D eigenvalue weighted by atomic mass is 32.2. The van der Waals surface area contributed by atoms with Crippen molar-refractivity contribution in [3.8, 4) is 0 Å². The topological polar surface area (TPSA) is 96.4 Å². The van der Waals surface area contributed by atoms with Crippen LogP contribution in [0.1, 0.15) is 43.7 Å². The van der Waals surface area contributed by atoms with Crippen molar-refractivity contribution in [2.24, 2.45) is 0 Å². The zero-order chi connectivity index (χ0) is 16.4. The lowest BCUT2D eigenvalue weighted by Gasteiger charge is -2.21. The molecule has 0 spiro atoms. The summed E-state index contributed by atoms with van der Waals surface area (Å²) in [5.74, 6) is -0.714. The standard InChI is InChI=1S/C14H22N2O4S/c1-9(8-21(5,19)20)15-12-7-10(13(17)18)6-11(16-12)14(2,3)4/h6-7,9H,8H2,1-5H3,(H,15,16)(H,17,18). The molecule has 1 rings (SSSR count). The van der Waals surface area contributed by atoms with Gasteiger partial charge in [0, 0.05) is 23.4 Å². The minimum absolute atomic E-state index is 0.0448. The molecule has 0 saturated heterocycles. The number of aromatic carboxylic acids is 1. The van der Waals surface area contributed by atoms with Crippen LogP contribution < -0.4 is 5.32 Å². The summed E-state index contributed by atoms with van der Waals surface area (Å²) >= 11 is 0. The van der Waals surface area contributed by atoms with Crippen LogP contribution in [0.15, 0.2) is 12.1 Å². The largest absolute Gasteiger partial charge is 0.478 e. The maximum atomic E-state index is 11.3. The van der Waals surface area contributed by atoms with Crippen molar-refractivity contribution in [2.75, 3.05) is 17.3 Å². The van der Waals surface area contributed by atoms with Crippen LogP contribution in [0.3, 0.4) is 0 Å². The Morgan fingerprint density at radius 1 is 1.38 bits per heavy atom. The molecule has 0 amide bonds. The van der Waals surface area contributed by atoms with E-state index in [1.54, 1.807) is 6.92 Å². The highest BCUT2D eigenvalue weighted by Gasteiger charge is 2.20. The van der Waals surface area contributed by atoms with Gasteiger partial charge in [0.05, 0.1) is 11.3 Å². The van der Waals surface area contributed by atoms with E-state index in [0.29, 0.717) is 11.5 Å². The number of carboxylic acid groups (broad SMARTS) is 1. The third-order valence-electron chi connectivity index (χ3n) is 2.79. The summed E-state index contributed by atoms with van der Waals surface area (Å²) < 4.78 is 22.6. The molecule has 1 heterocycles. The first-order chi connectivity index (χ1) is 9.38. The number of aromatic nitrogens is 1. The Kier molecular flexibility index (Phi) is 4.99. The van der Waals surface area contributed by atoms with E-state index < -0.39 is 15.8 Å². The van der Waals surface area contributed by atoms with E-state index in [9.17, 15) is 13.2 Å². The van der Waals surface area contributed by atoms with E-state index >= 15 is 0 Å². The van der Waals surface area contributed by atoms with E-state index in [0.717, 1.165) is 6.26 Å². The van der Waals surface area contributed by atoms with E-state index in [1.807, 2.05) is 20.8 Å². The van der Waals surface area contributed by atoms with Crippen molar-refractivity contribution >= 4 is 21.6 Å². The number of hydrogen-bond acceptors (Lipinski definition) is 5. The molecule has 0 aliphatic heterocycles. The van der Waals surface area contributed by atoms with Crippen LogP contribution in [0.25, 0.3) is 0 Å². The maximum Gasteiger partial charge on any atom is 0.335 e. The maximum absolute atomic E-state index is 11.3. The molecule has 1 aromatic rings. The first-order valence-corrected chi connectivity index (χ1v) is 8.64. The van der Waals surface area contributed by atoms with Crippen molar-refractivity contribution < 1.29 is 18.3 Å². The highest BCUT2D eigenvalue weighted by molar-refractivity contribution is 7.90. The molecular weight excluding hydrogens is 292 g/mol. The predicted octanol–water partition coefficient (Wildman–Crippen LogP) is 1.92. The second-order valence-corrected chi connectivity index (χ2v) is 8.50. The summed E-state index contributed by atoms with van der Waals surface area (Å²) in [7, 11) is -3.12. The second kappa shape index (κ2) is 6.01. The normalized spacial score (nSPS) is 13.8. The first kappa shape index (κ1) is 17.4. The average Bonchev–Trinajstić information content (AvgIpc) is 2.24. The Bertz CT molecular complexity index is 633. The van der Waals surface area contributed by atoms with Crippen LogP contribution in [-0.2, 0) is 15.3 Å². The van der Waals surface area contributed by atoms with Gasteiger partial charge >= 0.3 is 5.97 Å². The Hall–Kier alpha value is -1.63. The molecule has 0 bridgehead atoms. The lowest BCUT2D eigenvalue weighted by Crippen LogP contribution is -2.26. The van der Waals surface area contributed by atoms with Crippen LogP contribution in [0.2, 0.25) is 0 Å². The summed E-state index contributed by atoms with van der Waals surface area (Å²) in [4.78, 5) is 15.6. The molecule has 118 valence electrons. The molecule has 21 heavy (non-hydrogen) atoms. The van der Waals surface area contributed by atoms with E-state index in [1.165, 1.54) is 12.1 Å². The molecular formula is C14H22N2O4S. The van der Waals surface area contributed by atoms with E-state index in [-0.39, 0.29) is 22.8 Å². The second-order valence-electron chi connectivity index (χ2n) is 6.32. The summed E-state index contributed by atoms with van der Waals surface area (Å²) in [6.07, 6.45) is 1.16. The number of sulfone groups is 1. The first-order valence-electron chi connectivity index (χ1n) is 6.58. The minimum atomic E-state index is -3.12. The number of hydrogen-bond donors (Lipinski definition) is 2. The van der Waals surface area contributed by atoms with Crippen LogP contribution in [0.5, 0.6) is 0 Å².